The van der Waals surface area contributed by atoms with Crippen LogP contribution in [0.15, 0.2) is 77.4 Å². The van der Waals surface area contributed by atoms with E-state index in [0.29, 0.717) is 42.7 Å². The van der Waals surface area contributed by atoms with Gasteiger partial charge in [-0.05, 0) is 41.5 Å². The molecule has 0 spiro atoms. The highest BCUT2D eigenvalue weighted by Crippen LogP contribution is 2.17. The van der Waals surface area contributed by atoms with E-state index in [9.17, 15) is 9.18 Å². The summed E-state index contributed by atoms with van der Waals surface area (Å²) in [7, 11) is 0. The third-order valence-electron chi connectivity index (χ3n) is 4.65. The number of benzene rings is 2. The van der Waals surface area contributed by atoms with Crippen LogP contribution in [0.5, 0.6) is 5.88 Å². The number of carbonyl (C=O) groups is 1. The molecule has 162 valence electrons. The number of halogens is 1. The average Bonchev–Trinajstić information content (AvgIpc) is 3.31. The Hall–Kier alpha value is -4.07. The summed E-state index contributed by atoms with van der Waals surface area (Å²) in [5.41, 5.74) is 2.58. The maximum absolute atomic E-state index is 13.0. The van der Waals surface area contributed by atoms with Gasteiger partial charge in [0.25, 0.3) is 0 Å². The molecular weight excluding hydrogens is 411 g/mol. The second-order valence-electron chi connectivity index (χ2n) is 7.07. The molecule has 0 aliphatic heterocycles. The van der Waals surface area contributed by atoms with Crippen molar-refractivity contribution >= 4 is 5.91 Å². The van der Waals surface area contributed by atoms with Gasteiger partial charge in [0.1, 0.15) is 12.4 Å². The van der Waals surface area contributed by atoms with Crippen LogP contribution in [0.25, 0.3) is 11.4 Å². The summed E-state index contributed by atoms with van der Waals surface area (Å²) in [6.07, 6.45) is 2.16. The van der Waals surface area contributed by atoms with E-state index in [-0.39, 0.29) is 18.1 Å². The highest BCUT2D eigenvalue weighted by molar-refractivity contribution is 5.76. The third kappa shape index (κ3) is 5.98. The predicted molar refractivity (Wildman–Crippen MR) is 115 cm³/mol. The number of hydrogen-bond donors (Lipinski definition) is 1. The van der Waals surface area contributed by atoms with Crippen molar-refractivity contribution in [2.24, 2.45) is 0 Å². The molecule has 4 aromatic rings. The molecule has 8 heteroatoms. The Labute approximate surface area is 184 Å². The topological polar surface area (TPSA) is 90.1 Å². The lowest BCUT2D eigenvalue weighted by atomic mass is 10.2. The molecule has 0 fully saturated rings. The number of nitrogens with zero attached hydrogens (tertiary/aromatic N) is 3. The molecule has 0 aliphatic rings. The van der Waals surface area contributed by atoms with E-state index in [4.69, 9.17) is 9.26 Å². The molecule has 2 aromatic carbocycles. The Morgan fingerprint density at radius 3 is 2.66 bits per heavy atom. The van der Waals surface area contributed by atoms with Crippen molar-refractivity contribution in [2.45, 2.75) is 26.0 Å². The van der Waals surface area contributed by atoms with Crippen molar-refractivity contribution in [1.82, 2.24) is 20.4 Å². The minimum atomic E-state index is -0.335. The van der Waals surface area contributed by atoms with E-state index in [1.54, 1.807) is 24.4 Å². The van der Waals surface area contributed by atoms with E-state index in [0.717, 1.165) is 11.1 Å². The van der Waals surface area contributed by atoms with Gasteiger partial charge >= 0.3 is 0 Å². The Bertz CT molecular complexity index is 1160. The fourth-order valence-corrected chi connectivity index (χ4v) is 2.95. The molecule has 2 heterocycles. The van der Waals surface area contributed by atoms with Crippen molar-refractivity contribution in [1.29, 1.82) is 0 Å². The highest BCUT2D eigenvalue weighted by Gasteiger charge is 2.11. The summed E-state index contributed by atoms with van der Waals surface area (Å²) in [4.78, 5) is 20.7. The molecule has 0 bridgehead atoms. The van der Waals surface area contributed by atoms with Gasteiger partial charge in [0.15, 0.2) is 0 Å². The first-order chi connectivity index (χ1) is 15.7. The van der Waals surface area contributed by atoms with Crippen LogP contribution >= 0.6 is 0 Å². The molecule has 2 aromatic heterocycles. The second-order valence-corrected chi connectivity index (χ2v) is 7.07. The number of ether oxygens (including phenoxy) is 1. The first kappa shape index (κ1) is 21.2. The summed E-state index contributed by atoms with van der Waals surface area (Å²) in [6, 6.07) is 19.3. The summed E-state index contributed by atoms with van der Waals surface area (Å²) in [5, 5.41) is 6.74. The Morgan fingerprint density at radius 1 is 1.03 bits per heavy atom. The largest absolute Gasteiger partial charge is 0.473 e. The number of nitrogens with one attached hydrogen (secondary N) is 1. The molecule has 0 saturated carbocycles. The lowest BCUT2D eigenvalue weighted by Gasteiger charge is -2.08. The van der Waals surface area contributed by atoms with E-state index in [2.05, 4.69) is 20.4 Å². The first-order valence-corrected chi connectivity index (χ1v) is 10.1. The lowest BCUT2D eigenvalue weighted by Crippen LogP contribution is -2.23. The molecule has 32 heavy (non-hydrogen) atoms. The van der Waals surface area contributed by atoms with Gasteiger partial charge in [-0.1, -0.05) is 35.5 Å². The maximum atomic E-state index is 13.0. The molecular formula is C24H21FN4O3. The average molecular weight is 432 g/mol. The molecule has 0 radical (unpaired) electrons. The van der Waals surface area contributed by atoms with Crippen LogP contribution in [0.2, 0.25) is 0 Å². The zero-order chi connectivity index (χ0) is 22.2. The second kappa shape index (κ2) is 10.3. The highest BCUT2D eigenvalue weighted by atomic mass is 19.1. The quantitative estimate of drug-likeness (QED) is 0.428. The molecule has 7 nitrogen and oxygen atoms in total. The third-order valence-corrected chi connectivity index (χ3v) is 4.65. The number of carbonyl (C=O) groups excluding carboxylic acids is 1. The van der Waals surface area contributed by atoms with Crippen molar-refractivity contribution in [3.63, 3.8) is 0 Å². The van der Waals surface area contributed by atoms with Gasteiger partial charge in [-0.25, -0.2) is 9.37 Å². The summed E-state index contributed by atoms with van der Waals surface area (Å²) < 4.78 is 23.9. The van der Waals surface area contributed by atoms with E-state index < -0.39 is 0 Å². The van der Waals surface area contributed by atoms with Crippen molar-refractivity contribution in [2.75, 3.05) is 0 Å². The number of pyridine rings is 1. The van der Waals surface area contributed by atoms with Gasteiger partial charge in [-0.3, -0.25) is 4.79 Å². The van der Waals surface area contributed by atoms with Crippen LogP contribution in [0.4, 0.5) is 4.39 Å². The number of hydrogen-bond acceptors (Lipinski definition) is 6. The molecule has 0 saturated heterocycles. The van der Waals surface area contributed by atoms with E-state index in [1.165, 1.54) is 12.1 Å². The summed E-state index contributed by atoms with van der Waals surface area (Å²) in [5.74, 6) is 0.730. The minimum Gasteiger partial charge on any atom is -0.473 e. The zero-order valence-electron chi connectivity index (χ0n) is 17.2. The SMILES string of the molecule is O=C(CCc1nc(-c2ccc(F)cc2)no1)NCc1ccnc(OCc2ccccc2)c1. The standard InChI is InChI=1S/C24H21FN4O3/c25-20-8-6-19(7-9-20)24-28-22(32-29-24)11-10-21(30)27-15-18-12-13-26-23(14-18)31-16-17-4-2-1-3-5-17/h1-9,12-14H,10-11,15-16H2,(H,27,30). The van der Waals surface area contributed by atoms with Crippen LogP contribution < -0.4 is 10.1 Å². The van der Waals surface area contributed by atoms with E-state index >= 15 is 0 Å². The van der Waals surface area contributed by atoms with Crippen molar-refractivity contribution in [3.05, 3.63) is 95.8 Å². The fourth-order valence-electron chi connectivity index (χ4n) is 2.95. The van der Waals surface area contributed by atoms with Crippen LogP contribution in [0.3, 0.4) is 0 Å². The van der Waals surface area contributed by atoms with Crippen LogP contribution in [0, 0.1) is 5.82 Å². The zero-order valence-corrected chi connectivity index (χ0v) is 17.2. The number of rotatable bonds is 9. The van der Waals surface area contributed by atoms with Gasteiger partial charge in [-0.15, -0.1) is 0 Å². The van der Waals surface area contributed by atoms with Crippen molar-refractivity contribution in [3.8, 4) is 17.3 Å². The van der Waals surface area contributed by atoms with E-state index in [1.807, 2.05) is 36.4 Å². The molecule has 1 amide bonds. The monoisotopic (exact) mass is 432 g/mol. The van der Waals surface area contributed by atoms with Gasteiger partial charge in [-0.2, -0.15) is 4.98 Å². The fraction of sp³-hybridized carbons (Fsp3) is 0.167. The number of aromatic nitrogens is 3. The molecule has 0 unspecified atom stereocenters. The van der Waals surface area contributed by atoms with Gasteiger partial charge in [0.2, 0.25) is 23.5 Å². The lowest BCUT2D eigenvalue weighted by molar-refractivity contribution is -0.121. The normalized spacial score (nSPS) is 10.7. The number of amides is 1. The Balaban J connectivity index is 1.23. The molecule has 0 aliphatic carbocycles. The minimum absolute atomic E-state index is 0.143. The molecule has 4 rings (SSSR count). The van der Waals surface area contributed by atoms with Gasteiger partial charge < -0.3 is 14.6 Å². The van der Waals surface area contributed by atoms with Crippen LogP contribution in [-0.2, 0) is 24.4 Å². The summed E-state index contributed by atoms with van der Waals surface area (Å²) >= 11 is 0. The summed E-state index contributed by atoms with van der Waals surface area (Å²) in [6.45, 7) is 0.779. The van der Waals surface area contributed by atoms with Gasteiger partial charge in [0, 0.05) is 37.2 Å². The predicted octanol–water partition coefficient (Wildman–Crippen LogP) is 4.10. The van der Waals surface area contributed by atoms with Crippen LogP contribution in [-0.4, -0.2) is 21.0 Å². The van der Waals surface area contributed by atoms with Crippen LogP contribution in [0.1, 0.15) is 23.4 Å². The first-order valence-electron chi connectivity index (χ1n) is 10.1. The van der Waals surface area contributed by atoms with Gasteiger partial charge in [0.05, 0.1) is 0 Å². The number of aryl methyl sites for hydroxylation is 1. The Morgan fingerprint density at radius 2 is 1.84 bits per heavy atom. The molecule has 1 N–H and O–H groups in total. The maximum Gasteiger partial charge on any atom is 0.227 e. The smallest absolute Gasteiger partial charge is 0.227 e. The Kier molecular flexibility index (Phi) is 6.81. The van der Waals surface area contributed by atoms with Crippen molar-refractivity contribution < 1.29 is 18.4 Å². The molecule has 0 atom stereocenters.